The fourth-order valence-electron chi connectivity index (χ4n) is 2.92. The van der Waals surface area contributed by atoms with Crippen LogP contribution in [0.15, 0.2) is 48.5 Å². The van der Waals surface area contributed by atoms with Crippen LogP contribution in [0.25, 0.3) is 6.08 Å². The van der Waals surface area contributed by atoms with Gasteiger partial charge in [-0.25, -0.2) is 0 Å². The Morgan fingerprint density at radius 2 is 1.77 bits per heavy atom. The quantitative estimate of drug-likeness (QED) is 0.399. The predicted molar refractivity (Wildman–Crippen MR) is 120 cm³/mol. The molecule has 1 N–H and O–H groups in total. The summed E-state index contributed by atoms with van der Waals surface area (Å²) in [4.78, 5) is 11.0. The van der Waals surface area contributed by atoms with Gasteiger partial charge >= 0.3 is 5.97 Å². The number of carbonyl (C=O) groups is 1. The van der Waals surface area contributed by atoms with Crippen LogP contribution in [0.4, 0.5) is 0 Å². The zero-order valence-corrected chi connectivity index (χ0v) is 17.9. The molecule has 0 atom stereocenters. The zero-order chi connectivity index (χ0) is 21.6. The largest absolute Gasteiger partial charge is 0.497 e. The molecule has 0 saturated carbocycles. The summed E-state index contributed by atoms with van der Waals surface area (Å²) < 4.78 is 16.8. The van der Waals surface area contributed by atoms with E-state index in [1.807, 2.05) is 42.5 Å². The maximum Gasteiger partial charge on any atom is 0.303 e. The van der Waals surface area contributed by atoms with Crippen molar-refractivity contribution in [2.45, 2.75) is 45.4 Å². The summed E-state index contributed by atoms with van der Waals surface area (Å²) in [5.41, 5.74) is 2.03. The second-order valence-electron chi connectivity index (χ2n) is 7.03. The highest BCUT2D eigenvalue weighted by molar-refractivity contribution is 5.67. The predicted octanol–water partition coefficient (Wildman–Crippen LogP) is 5.76. The van der Waals surface area contributed by atoms with Crippen LogP contribution in [0.3, 0.4) is 0 Å². The summed E-state index contributed by atoms with van der Waals surface area (Å²) in [5, 5.41) is 9.00. The Morgan fingerprint density at radius 1 is 1.00 bits per heavy atom. The van der Waals surface area contributed by atoms with E-state index in [0.717, 1.165) is 54.1 Å². The van der Waals surface area contributed by atoms with Crippen LogP contribution >= 0.6 is 0 Å². The molecular weight excluding hydrogens is 380 g/mol. The molecule has 2 aromatic rings. The maximum absolute atomic E-state index is 11.0. The normalized spacial score (nSPS) is 10.9. The van der Waals surface area contributed by atoms with Gasteiger partial charge in [-0.2, -0.15) is 0 Å². The molecule has 0 aromatic heterocycles. The minimum Gasteiger partial charge on any atom is -0.497 e. The van der Waals surface area contributed by atoms with E-state index in [2.05, 4.69) is 19.1 Å². The van der Waals surface area contributed by atoms with E-state index >= 15 is 0 Å². The molecule has 2 aromatic carbocycles. The molecule has 0 radical (unpaired) electrons. The second-order valence-corrected chi connectivity index (χ2v) is 7.03. The molecule has 5 nitrogen and oxygen atoms in total. The minimum absolute atomic E-state index is 0.0732. The fourth-order valence-corrected chi connectivity index (χ4v) is 2.92. The number of carboxylic acid groups (broad SMARTS) is 1. The van der Waals surface area contributed by atoms with Crippen molar-refractivity contribution in [1.82, 2.24) is 0 Å². The standard InChI is InChI=1S/C25H32O5/c1-3-17-29-23-14-15-24(21(19-23)11-16-25(26)27)30-18-7-5-4-6-8-20-9-12-22(28-2)13-10-20/h6,8-10,12-15,19H,3-5,7,11,16-18H2,1-2H3,(H,26,27)/b8-6+. The molecule has 0 fully saturated rings. The van der Waals surface area contributed by atoms with Gasteiger partial charge in [0.25, 0.3) is 0 Å². The fraction of sp³-hybridized carbons (Fsp3) is 0.400. The first kappa shape index (κ1) is 23.3. The highest BCUT2D eigenvalue weighted by Gasteiger charge is 2.09. The van der Waals surface area contributed by atoms with Gasteiger partial charge in [-0.3, -0.25) is 4.79 Å². The number of carboxylic acids is 1. The number of methoxy groups -OCH3 is 1. The number of aliphatic carboxylic acids is 1. The third-order valence-corrected chi connectivity index (χ3v) is 4.56. The molecule has 0 aliphatic rings. The van der Waals surface area contributed by atoms with Crippen LogP contribution in [0.2, 0.25) is 0 Å². The van der Waals surface area contributed by atoms with Gasteiger partial charge in [0.15, 0.2) is 0 Å². The number of ether oxygens (including phenoxy) is 3. The number of allylic oxidation sites excluding steroid dienone is 1. The molecular formula is C25H32O5. The zero-order valence-electron chi connectivity index (χ0n) is 17.9. The lowest BCUT2D eigenvalue weighted by Crippen LogP contribution is -2.04. The van der Waals surface area contributed by atoms with E-state index in [9.17, 15) is 4.79 Å². The molecule has 0 saturated heterocycles. The second kappa shape index (κ2) is 13.3. The van der Waals surface area contributed by atoms with Gasteiger partial charge in [0, 0.05) is 6.42 Å². The lowest BCUT2D eigenvalue weighted by molar-refractivity contribution is -0.136. The van der Waals surface area contributed by atoms with Crippen LogP contribution in [0.1, 0.15) is 50.2 Å². The molecule has 2 rings (SSSR count). The smallest absolute Gasteiger partial charge is 0.303 e. The van der Waals surface area contributed by atoms with Crippen molar-refractivity contribution in [2.75, 3.05) is 20.3 Å². The van der Waals surface area contributed by atoms with Gasteiger partial charge in [0.2, 0.25) is 0 Å². The van der Waals surface area contributed by atoms with Crippen LogP contribution in [-0.2, 0) is 11.2 Å². The first-order valence-corrected chi connectivity index (χ1v) is 10.5. The number of rotatable bonds is 14. The van der Waals surface area contributed by atoms with Gasteiger partial charge < -0.3 is 19.3 Å². The molecule has 0 heterocycles. The van der Waals surface area contributed by atoms with Gasteiger partial charge in [-0.15, -0.1) is 0 Å². The highest BCUT2D eigenvalue weighted by atomic mass is 16.5. The Hall–Kier alpha value is -2.95. The van der Waals surface area contributed by atoms with Gasteiger partial charge in [-0.1, -0.05) is 31.2 Å². The summed E-state index contributed by atoms with van der Waals surface area (Å²) >= 11 is 0. The van der Waals surface area contributed by atoms with Crippen LogP contribution in [-0.4, -0.2) is 31.4 Å². The van der Waals surface area contributed by atoms with E-state index in [4.69, 9.17) is 19.3 Å². The molecule has 0 amide bonds. The highest BCUT2D eigenvalue weighted by Crippen LogP contribution is 2.26. The Morgan fingerprint density at radius 3 is 2.47 bits per heavy atom. The number of hydrogen-bond donors (Lipinski definition) is 1. The summed E-state index contributed by atoms with van der Waals surface area (Å²) in [5.74, 6) is 1.54. The van der Waals surface area contributed by atoms with E-state index in [0.29, 0.717) is 19.6 Å². The molecule has 0 aliphatic carbocycles. The Balaban J connectivity index is 1.77. The molecule has 0 spiro atoms. The average Bonchev–Trinajstić information content (AvgIpc) is 2.76. The SMILES string of the molecule is CCCOc1ccc(OCCCC/C=C/c2ccc(OC)cc2)c(CCC(=O)O)c1. The van der Waals surface area contributed by atoms with Crippen molar-refractivity contribution in [3.05, 3.63) is 59.7 Å². The topological polar surface area (TPSA) is 65.0 Å². The van der Waals surface area contributed by atoms with E-state index < -0.39 is 5.97 Å². The van der Waals surface area contributed by atoms with Crippen molar-refractivity contribution >= 4 is 12.0 Å². The molecule has 0 unspecified atom stereocenters. The van der Waals surface area contributed by atoms with E-state index in [1.54, 1.807) is 7.11 Å². The average molecular weight is 413 g/mol. The number of benzene rings is 2. The summed E-state index contributed by atoms with van der Waals surface area (Å²) in [7, 11) is 1.66. The molecule has 0 bridgehead atoms. The first-order chi connectivity index (χ1) is 14.6. The van der Waals surface area contributed by atoms with Gasteiger partial charge in [0.05, 0.1) is 20.3 Å². The number of aryl methyl sites for hydroxylation is 1. The maximum atomic E-state index is 11.0. The third kappa shape index (κ3) is 8.60. The summed E-state index contributed by atoms with van der Waals surface area (Å²) in [6.45, 7) is 3.29. The van der Waals surface area contributed by atoms with E-state index in [1.165, 1.54) is 0 Å². The Bertz CT molecular complexity index is 796. The molecule has 5 heteroatoms. The minimum atomic E-state index is -0.815. The summed E-state index contributed by atoms with van der Waals surface area (Å²) in [6.07, 6.45) is 8.64. The van der Waals surface area contributed by atoms with Crippen LogP contribution in [0.5, 0.6) is 17.2 Å². The van der Waals surface area contributed by atoms with Crippen molar-refractivity contribution in [1.29, 1.82) is 0 Å². The first-order valence-electron chi connectivity index (χ1n) is 10.5. The Labute approximate surface area is 179 Å². The van der Waals surface area contributed by atoms with Crippen molar-refractivity contribution in [3.63, 3.8) is 0 Å². The number of hydrogen-bond acceptors (Lipinski definition) is 4. The summed E-state index contributed by atoms with van der Waals surface area (Å²) in [6, 6.07) is 13.6. The van der Waals surface area contributed by atoms with Crippen LogP contribution < -0.4 is 14.2 Å². The number of unbranched alkanes of at least 4 members (excludes halogenated alkanes) is 2. The molecule has 0 aliphatic heterocycles. The van der Waals surface area contributed by atoms with E-state index in [-0.39, 0.29) is 6.42 Å². The van der Waals surface area contributed by atoms with Gasteiger partial charge in [-0.05, 0) is 73.6 Å². The molecule has 162 valence electrons. The van der Waals surface area contributed by atoms with Crippen molar-refractivity contribution in [3.8, 4) is 17.2 Å². The lowest BCUT2D eigenvalue weighted by Gasteiger charge is -2.13. The van der Waals surface area contributed by atoms with Gasteiger partial charge in [0.1, 0.15) is 17.2 Å². The third-order valence-electron chi connectivity index (χ3n) is 4.56. The molecule has 30 heavy (non-hydrogen) atoms. The Kier molecular flexibility index (Phi) is 10.3. The van der Waals surface area contributed by atoms with Crippen LogP contribution in [0, 0.1) is 0 Å². The van der Waals surface area contributed by atoms with Crippen molar-refractivity contribution < 1.29 is 24.1 Å². The monoisotopic (exact) mass is 412 g/mol. The van der Waals surface area contributed by atoms with Crippen molar-refractivity contribution in [2.24, 2.45) is 0 Å². The lowest BCUT2D eigenvalue weighted by atomic mass is 10.1.